The molecule has 1 aromatic carbocycles. The number of ether oxygens (including phenoxy) is 1. The molecule has 0 unspecified atom stereocenters. The van der Waals surface area contributed by atoms with E-state index in [0.717, 1.165) is 0 Å². The van der Waals surface area contributed by atoms with Crippen LogP contribution in [-0.2, 0) is 4.74 Å². The number of aromatic nitrogens is 3. The van der Waals surface area contributed by atoms with Gasteiger partial charge in [0.1, 0.15) is 23.0 Å². The molecule has 1 N–H and O–H groups in total. The van der Waals surface area contributed by atoms with Gasteiger partial charge in [0, 0.05) is 24.8 Å². The van der Waals surface area contributed by atoms with Crippen molar-refractivity contribution < 1.29 is 13.5 Å². The highest BCUT2D eigenvalue weighted by molar-refractivity contribution is 5.63. The number of benzene rings is 1. The number of morpholine rings is 1. The van der Waals surface area contributed by atoms with E-state index >= 15 is 0 Å². The number of hydrogen-bond acceptors (Lipinski definition) is 4. The Balaban J connectivity index is 1.98. The standard InChI is InChI=1S/C12H12F2N4O/c13-9-5-8(11-7-15-17-16-11)6-10(14)12(9)18-1-3-19-4-2-18/h5-7H,1-4H2,(H,15,16,17). The highest BCUT2D eigenvalue weighted by Crippen LogP contribution is 2.29. The van der Waals surface area contributed by atoms with Gasteiger partial charge in [-0.2, -0.15) is 0 Å². The number of aromatic amines is 1. The van der Waals surface area contributed by atoms with E-state index in [1.807, 2.05) is 0 Å². The van der Waals surface area contributed by atoms with Crippen molar-refractivity contribution in [1.82, 2.24) is 15.4 Å². The molecular weight excluding hydrogens is 254 g/mol. The fourth-order valence-corrected chi connectivity index (χ4v) is 2.15. The van der Waals surface area contributed by atoms with E-state index in [2.05, 4.69) is 15.4 Å². The van der Waals surface area contributed by atoms with Crippen molar-refractivity contribution in [3.05, 3.63) is 30.0 Å². The molecular formula is C12H12F2N4O. The third kappa shape index (κ3) is 2.28. The number of halogens is 2. The van der Waals surface area contributed by atoms with Crippen molar-refractivity contribution in [2.45, 2.75) is 0 Å². The van der Waals surface area contributed by atoms with Crippen LogP contribution in [0, 0.1) is 11.6 Å². The number of nitrogens with zero attached hydrogens (tertiary/aromatic N) is 3. The van der Waals surface area contributed by atoms with Gasteiger partial charge in [-0.1, -0.05) is 5.21 Å². The average Bonchev–Trinajstić information content (AvgIpc) is 2.93. The fraction of sp³-hybridized carbons (Fsp3) is 0.333. The maximum atomic E-state index is 14.1. The SMILES string of the molecule is Fc1cc(-c2c[nH]nn2)cc(F)c1N1CCOCC1. The van der Waals surface area contributed by atoms with Crippen LogP contribution in [-0.4, -0.2) is 41.7 Å². The van der Waals surface area contributed by atoms with Gasteiger partial charge in [0.05, 0.1) is 13.2 Å². The molecule has 19 heavy (non-hydrogen) atoms. The summed E-state index contributed by atoms with van der Waals surface area (Å²) in [7, 11) is 0. The summed E-state index contributed by atoms with van der Waals surface area (Å²) in [5.74, 6) is -1.19. The Bertz CT molecular complexity index is 544. The number of hydrogen-bond donors (Lipinski definition) is 1. The average molecular weight is 266 g/mol. The largest absolute Gasteiger partial charge is 0.378 e. The summed E-state index contributed by atoms with van der Waals surface area (Å²) in [4.78, 5) is 1.65. The lowest BCUT2D eigenvalue weighted by molar-refractivity contribution is 0.122. The van der Waals surface area contributed by atoms with E-state index in [4.69, 9.17) is 4.74 Å². The van der Waals surface area contributed by atoms with Crippen molar-refractivity contribution in [1.29, 1.82) is 0 Å². The molecule has 1 aliphatic heterocycles. The monoisotopic (exact) mass is 266 g/mol. The van der Waals surface area contributed by atoms with Crippen LogP contribution >= 0.6 is 0 Å². The lowest BCUT2D eigenvalue weighted by atomic mass is 10.1. The summed E-state index contributed by atoms with van der Waals surface area (Å²) >= 11 is 0. The Labute approximate surface area is 108 Å². The Morgan fingerprint density at radius 3 is 2.42 bits per heavy atom. The van der Waals surface area contributed by atoms with Crippen LogP contribution in [0.3, 0.4) is 0 Å². The highest BCUT2D eigenvalue weighted by atomic mass is 19.1. The highest BCUT2D eigenvalue weighted by Gasteiger charge is 2.20. The molecule has 0 atom stereocenters. The Kier molecular flexibility index (Phi) is 3.12. The van der Waals surface area contributed by atoms with Crippen molar-refractivity contribution in [2.75, 3.05) is 31.2 Å². The third-order valence-corrected chi connectivity index (χ3v) is 3.06. The van der Waals surface area contributed by atoms with E-state index in [1.165, 1.54) is 18.3 Å². The zero-order chi connectivity index (χ0) is 13.2. The Hall–Kier alpha value is -2.02. The zero-order valence-corrected chi connectivity index (χ0v) is 10.1. The van der Waals surface area contributed by atoms with Crippen LogP contribution in [0.1, 0.15) is 0 Å². The molecule has 0 amide bonds. The van der Waals surface area contributed by atoms with Crippen molar-refractivity contribution >= 4 is 5.69 Å². The molecule has 100 valence electrons. The van der Waals surface area contributed by atoms with Crippen LogP contribution < -0.4 is 4.90 Å². The van der Waals surface area contributed by atoms with Crippen LogP contribution in [0.15, 0.2) is 18.3 Å². The molecule has 7 heteroatoms. The van der Waals surface area contributed by atoms with Gasteiger partial charge in [-0.05, 0) is 12.1 Å². The predicted octanol–water partition coefficient (Wildman–Crippen LogP) is 1.59. The van der Waals surface area contributed by atoms with Crippen LogP contribution in [0.4, 0.5) is 14.5 Å². The van der Waals surface area contributed by atoms with E-state index < -0.39 is 11.6 Å². The van der Waals surface area contributed by atoms with Gasteiger partial charge in [0.15, 0.2) is 0 Å². The first-order chi connectivity index (χ1) is 9.25. The fourth-order valence-electron chi connectivity index (χ4n) is 2.15. The molecule has 1 saturated heterocycles. The first-order valence-corrected chi connectivity index (χ1v) is 5.94. The summed E-state index contributed by atoms with van der Waals surface area (Å²) < 4.78 is 33.4. The Morgan fingerprint density at radius 1 is 1.16 bits per heavy atom. The summed E-state index contributed by atoms with van der Waals surface area (Å²) in [5.41, 5.74) is 0.766. The van der Waals surface area contributed by atoms with Gasteiger partial charge in [-0.25, -0.2) is 8.78 Å². The summed E-state index contributed by atoms with van der Waals surface area (Å²) in [6.45, 7) is 1.92. The van der Waals surface area contributed by atoms with Crippen LogP contribution in [0.2, 0.25) is 0 Å². The maximum Gasteiger partial charge on any atom is 0.150 e. The second kappa shape index (κ2) is 4.93. The lowest BCUT2D eigenvalue weighted by Gasteiger charge is -2.29. The van der Waals surface area contributed by atoms with Crippen molar-refractivity contribution in [3.8, 4) is 11.3 Å². The minimum Gasteiger partial charge on any atom is -0.378 e. The molecule has 2 heterocycles. The van der Waals surface area contributed by atoms with Crippen molar-refractivity contribution in [3.63, 3.8) is 0 Å². The van der Waals surface area contributed by atoms with Gasteiger partial charge in [-0.3, -0.25) is 5.10 Å². The van der Waals surface area contributed by atoms with Gasteiger partial charge < -0.3 is 9.64 Å². The molecule has 1 aromatic heterocycles. The Morgan fingerprint density at radius 2 is 1.84 bits per heavy atom. The van der Waals surface area contributed by atoms with E-state index in [1.54, 1.807) is 4.90 Å². The molecule has 0 saturated carbocycles. The lowest BCUT2D eigenvalue weighted by Crippen LogP contribution is -2.37. The second-order valence-electron chi connectivity index (χ2n) is 4.25. The van der Waals surface area contributed by atoms with Gasteiger partial charge in [0.2, 0.25) is 0 Å². The number of rotatable bonds is 2. The number of H-pyrrole nitrogens is 1. The van der Waals surface area contributed by atoms with E-state index in [-0.39, 0.29) is 5.69 Å². The second-order valence-corrected chi connectivity index (χ2v) is 4.25. The molecule has 0 bridgehead atoms. The zero-order valence-electron chi connectivity index (χ0n) is 10.1. The molecule has 0 radical (unpaired) electrons. The van der Waals surface area contributed by atoms with Crippen LogP contribution in [0.5, 0.6) is 0 Å². The molecule has 1 aliphatic rings. The minimum atomic E-state index is -0.597. The van der Waals surface area contributed by atoms with Gasteiger partial charge >= 0.3 is 0 Å². The predicted molar refractivity (Wildman–Crippen MR) is 64.8 cm³/mol. The molecule has 3 rings (SSSR count). The molecule has 2 aromatic rings. The summed E-state index contributed by atoms with van der Waals surface area (Å²) in [6.07, 6.45) is 1.49. The normalized spacial score (nSPS) is 15.8. The van der Waals surface area contributed by atoms with Gasteiger partial charge in [0.25, 0.3) is 0 Å². The van der Waals surface area contributed by atoms with Gasteiger partial charge in [-0.15, -0.1) is 5.10 Å². The van der Waals surface area contributed by atoms with Crippen molar-refractivity contribution in [2.24, 2.45) is 0 Å². The van der Waals surface area contributed by atoms with E-state index in [9.17, 15) is 8.78 Å². The third-order valence-electron chi connectivity index (χ3n) is 3.06. The van der Waals surface area contributed by atoms with Crippen LogP contribution in [0.25, 0.3) is 11.3 Å². The first kappa shape index (κ1) is 12.0. The maximum absolute atomic E-state index is 14.1. The summed E-state index contributed by atoms with van der Waals surface area (Å²) in [6, 6.07) is 2.54. The quantitative estimate of drug-likeness (QED) is 0.896. The molecule has 0 aliphatic carbocycles. The summed E-state index contributed by atoms with van der Waals surface area (Å²) in [5, 5.41) is 9.77. The topological polar surface area (TPSA) is 54.0 Å². The first-order valence-electron chi connectivity index (χ1n) is 5.94. The van der Waals surface area contributed by atoms with E-state index in [0.29, 0.717) is 37.6 Å². The minimum absolute atomic E-state index is 0.00413. The number of anilines is 1. The smallest absolute Gasteiger partial charge is 0.150 e. The molecule has 1 fully saturated rings. The molecule has 0 spiro atoms. The molecule has 5 nitrogen and oxygen atoms in total. The number of nitrogens with one attached hydrogen (secondary N) is 1.